The van der Waals surface area contributed by atoms with Crippen molar-refractivity contribution in [1.82, 2.24) is 9.21 Å². The highest BCUT2D eigenvalue weighted by Crippen LogP contribution is 2.18. The van der Waals surface area contributed by atoms with E-state index in [1.165, 1.54) is 23.2 Å². The number of benzene rings is 1. The molecule has 0 saturated carbocycles. The van der Waals surface area contributed by atoms with Gasteiger partial charge in [0.15, 0.2) is 0 Å². The molecule has 0 radical (unpaired) electrons. The van der Waals surface area contributed by atoms with E-state index >= 15 is 0 Å². The summed E-state index contributed by atoms with van der Waals surface area (Å²) in [4.78, 5) is 2.55. The van der Waals surface area contributed by atoms with Crippen LogP contribution in [-0.4, -0.2) is 50.8 Å². The van der Waals surface area contributed by atoms with E-state index in [0.29, 0.717) is 11.6 Å². The maximum Gasteiger partial charge on any atom is 0.242 e. The van der Waals surface area contributed by atoms with E-state index in [1.54, 1.807) is 25.2 Å². The van der Waals surface area contributed by atoms with Crippen LogP contribution in [0.5, 0.6) is 0 Å². The van der Waals surface area contributed by atoms with Crippen LogP contribution in [0.3, 0.4) is 0 Å². The molecule has 0 aliphatic carbocycles. The van der Waals surface area contributed by atoms with E-state index in [1.807, 2.05) is 0 Å². The van der Waals surface area contributed by atoms with Crippen molar-refractivity contribution in [2.45, 2.75) is 17.7 Å². The molecular weight excluding hydrogens is 284 g/mol. The molecular formula is C13H19ClN2O2S. The van der Waals surface area contributed by atoms with Crippen molar-refractivity contribution in [1.29, 1.82) is 0 Å². The van der Waals surface area contributed by atoms with Crippen molar-refractivity contribution >= 4 is 21.6 Å². The van der Waals surface area contributed by atoms with Crippen LogP contribution in [0.4, 0.5) is 0 Å². The number of likely N-dealkylation sites (N-methyl/N-ethyl adjacent to an activating group) is 1. The molecule has 0 atom stereocenters. The van der Waals surface area contributed by atoms with E-state index in [2.05, 4.69) is 4.90 Å². The van der Waals surface area contributed by atoms with Crippen molar-refractivity contribution in [3.05, 3.63) is 29.3 Å². The van der Waals surface area contributed by atoms with Crippen LogP contribution in [0.25, 0.3) is 0 Å². The lowest BCUT2D eigenvalue weighted by Gasteiger charge is -2.21. The molecule has 1 aromatic rings. The van der Waals surface area contributed by atoms with Crippen molar-refractivity contribution in [3.8, 4) is 0 Å². The molecule has 106 valence electrons. The number of halogens is 1. The van der Waals surface area contributed by atoms with Gasteiger partial charge in [0.1, 0.15) is 0 Å². The van der Waals surface area contributed by atoms with Crippen LogP contribution in [-0.2, 0) is 10.0 Å². The highest BCUT2D eigenvalue weighted by Gasteiger charge is 2.22. The van der Waals surface area contributed by atoms with Crippen molar-refractivity contribution in [2.75, 3.05) is 33.2 Å². The number of nitrogens with zero attached hydrogens (tertiary/aromatic N) is 2. The van der Waals surface area contributed by atoms with Gasteiger partial charge < -0.3 is 4.90 Å². The fraction of sp³-hybridized carbons (Fsp3) is 0.538. The van der Waals surface area contributed by atoms with Gasteiger partial charge in [-0.2, -0.15) is 4.31 Å². The SMILES string of the molecule is CN(CCN1CCCC1)S(=O)(=O)c1cccc(Cl)c1. The number of rotatable bonds is 5. The van der Waals surface area contributed by atoms with Gasteiger partial charge in [-0.25, -0.2) is 8.42 Å². The van der Waals surface area contributed by atoms with Crippen LogP contribution in [0.1, 0.15) is 12.8 Å². The molecule has 1 aliphatic heterocycles. The molecule has 0 amide bonds. The fourth-order valence-corrected chi connectivity index (χ4v) is 3.68. The van der Waals surface area contributed by atoms with E-state index in [0.717, 1.165) is 19.6 Å². The van der Waals surface area contributed by atoms with Gasteiger partial charge in [0, 0.05) is 25.2 Å². The highest BCUT2D eigenvalue weighted by molar-refractivity contribution is 7.89. The van der Waals surface area contributed by atoms with Gasteiger partial charge in [-0.05, 0) is 44.1 Å². The van der Waals surface area contributed by atoms with Crippen LogP contribution in [0, 0.1) is 0 Å². The summed E-state index contributed by atoms with van der Waals surface area (Å²) in [7, 11) is -1.81. The van der Waals surface area contributed by atoms with Gasteiger partial charge in [-0.3, -0.25) is 0 Å². The Morgan fingerprint density at radius 1 is 1.32 bits per heavy atom. The summed E-state index contributed by atoms with van der Waals surface area (Å²) in [5, 5.41) is 0.439. The molecule has 0 spiro atoms. The van der Waals surface area contributed by atoms with Crippen LogP contribution < -0.4 is 0 Å². The fourth-order valence-electron chi connectivity index (χ4n) is 2.22. The topological polar surface area (TPSA) is 40.6 Å². The number of sulfonamides is 1. The first-order chi connectivity index (χ1) is 9.00. The third-order valence-corrected chi connectivity index (χ3v) is 5.52. The first-order valence-electron chi connectivity index (χ1n) is 6.44. The largest absolute Gasteiger partial charge is 0.302 e. The standard InChI is InChI=1S/C13H19ClN2O2S/c1-15(9-10-16-7-2-3-8-16)19(17,18)13-6-4-5-12(14)11-13/h4-6,11H,2-3,7-10H2,1H3. The summed E-state index contributed by atoms with van der Waals surface area (Å²) in [5.74, 6) is 0. The molecule has 0 bridgehead atoms. The Balaban J connectivity index is 2.02. The molecule has 2 rings (SSSR count). The molecule has 0 aromatic heterocycles. The maximum atomic E-state index is 12.3. The summed E-state index contributed by atoms with van der Waals surface area (Å²) < 4.78 is 26.1. The predicted octanol–water partition coefficient (Wildman–Crippen LogP) is 2.06. The zero-order valence-electron chi connectivity index (χ0n) is 11.0. The third kappa shape index (κ3) is 3.69. The molecule has 0 unspecified atom stereocenters. The second-order valence-corrected chi connectivity index (χ2v) is 7.31. The van der Waals surface area contributed by atoms with Gasteiger partial charge in [-0.15, -0.1) is 0 Å². The molecule has 1 heterocycles. The molecule has 1 aliphatic rings. The number of likely N-dealkylation sites (tertiary alicyclic amines) is 1. The summed E-state index contributed by atoms with van der Waals surface area (Å²) in [6.45, 7) is 3.45. The van der Waals surface area contributed by atoms with Gasteiger partial charge >= 0.3 is 0 Å². The first kappa shape index (κ1) is 14.8. The lowest BCUT2D eigenvalue weighted by molar-refractivity contribution is 0.310. The van der Waals surface area contributed by atoms with Crippen molar-refractivity contribution in [2.24, 2.45) is 0 Å². The van der Waals surface area contributed by atoms with Crippen LogP contribution in [0.2, 0.25) is 5.02 Å². The highest BCUT2D eigenvalue weighted by atomic mass is 35.5. The lowest BCUT2D eigenvalue weighted by Crippen LogP contribution is -2.35. The average Bonchev–Trinajstić information content (AvgIpc) is 2.89. The Bertz CT molecular complexity index is 527. The minimum absolute atomic E-state index is 0.254. The normalized spacial score (nSPS) is 17.2. The summed E-state index contributed by atoms with van der Waals surface area (Å²) >= 11 is 5.85. The Kier molecular flexibility index (Phi) is 4.84. The van der Waals surface area contributed by atoms with Gasteiger partial charge in [0.25, 0.3) is 0 Å². The summed E-state index contributed by atoms with van der Waals surface area (Å²) in [6, 6.07) is 6.39. The first-order valence-corrected chi connectivity index (χ1v) is 8.26. The van der Waals surface area contributed by atoms with E-state index in [4.69, 9.17) is 11.6 Å². The second kappa shape index (κ2) is 6.22. The zero-order valence-corrected chi connectivity index (χ0v) is 12.6. The Morgan fingerprint density at radius 2 is 2.00 bits per heavy atom. The van der Waals surface area contributed by atoms with Gasteiger partial charge in [-0.1, -0.05) is 17.7 Å². The lowest BCUT2D eigenvalue weighted by atomic mass is 10.4. The van der Waals surface area contributed by atoms with Gasteiger partial charge in [0.05, 0.1) is 4.90 Å². The molecule has 4 nitrogen and oxygen atoms in total. The smallest absolute Gasteiger partial charge is 0.242 e. The molecule has 1 saturated heterocycles. The maximum absolute atomic E-state index is 12.3. The van der Waals surface area contributed by atoms with E-state index in [-0.39, 0.29) is 4.90 Å². The monoisotopic (exact) mass is 302 g/mol. The van der Waals surface area contributed by atoms with Crippen molar-refractivity contribution < 1.29 is 8.42 Å². The third-order valence-electron chi connectivity index (χ3n) is 3.43. The van der Waals surface area contributed by atoms with Crippen LogP contribution >= 0.6 is 11.6 Å². The predicted molar refractivity (Wildman–Crippen MR) is 76.9 cm³/mol. The number of hydrogen-bond donors (Lipinski definition) is 0. The minimum Gasteiger partial charge on any atom is -0.302 e. The van der Waals surface area contributed by atoms with Gasteiger partial charge in [0.2, 0.25) is 10.0 Å². The Labute approximate surface area is 120 Å². The number of hydrogen-bond acceptors (Lipinski definition) is 3. The van der Waals surface area contributed by atoms with E-state index < -0.39 is 10.0 Å². The molecule has 1 fully saturated rings. The summed E-state index contributed by atoms with van der Waals surface area (Å²) in [5.41, 5.74) is 0. The minimum atomic E-state index is -3.43. The van der Waals surface area contributed by atoms with E-state index in [9.17, 15) is 8.42 Å². The van der Waals surface area contributed by atoms with Crippen LogP contribution in [0.15, 0.2) is 29.2 Å². The second-order valence-electron chi connectivity index (χ2n) is 4.83. The molecule has 1 aromatic carbocycles. The summed E-state index contributed by atoms with van der Waals surface area (Å²) in [6.07, 6.45) is 2.43. The zero-order chi connectivity index (χ0) is 13.9. The Morgan fingerprint density at radius 3 is 2.63 bits per heavy atom. The molecule has 6 heteroatoms. The van der Waals surface area contributed by atoms with Crippen molar-refractivity contribution in [3.63, 3.8) is 0 Å². The average molecular weight is 303 g/mol. The molecule has 19 heavy (non-hydrogen) atoms. The Hall–Kier alpha value is -0.620. The quantitative estimate of drug-likeness (QED) is 0.836. The molecule has 0 N–H and O–H groups in total.